The van der Waals surface area contributed by atoms with Crippen LogP contribution in [0.3, 0.4) is 0 Å². The van der Waals surface area contributed by atoms with Gasteiger partial charge in [0, 0.05) is 0 Å². The Kier molecular flexibility index (Phi) is 1.69. The molecular weight excluding hydrogens is 142 g/mol. The molecule has 0 aliphatic carbocycles. The second-order valence-electron chi connectivity index (χ2n) is 1.27. The third kappa shape index (κ3) is 1.34. The first-order chi connectivity index (χ1) is 3.79. The van der Waals surface area contributed by atoms with Crippen LogP contribution in [0, 0.1) is 0 Å². The Bertz CT molecular complexity index is 132. The fourth-order valence-corrected chi connectivity index (χ4v) is 0.810. The number of rotatable bonds is 0. The fraction of sp³-hybridized carbons (Fsp3) is 0.333. The average molecular weight is 147 g/mol. The van der Waals surface area contributed by atoms with Crippen LogP contribution in [0.4, 0.5) is 0 Å². The first-order valence-corrected chi connectivity index (χ1v) is 2.98. The minimum Gasteiger partial charge on any atom is -0.332 e. The van der Waals surface area contributed by atoms with Crippen molar-refractivity contribution in [2.45, 2.75) is 5.50 Å². The fourth-order valence-electron chi connectivity index (χ4n) is 0.363. The summed E-state index contributed by atoms with van der Waals surface area (Å²) in [5.41, 5.74) is -0.177. The quantitative estimate of drug-likeness (QED) is 0.325. The van der Waals surface area contributed by atoms with Gasteiger partial charge in [0.1, 0.15) is 0 Å². The van der Waals surface area contributed by atoms with Crippen molar-refractivity contribution in [1.82, 2.24) is 10.6 Å². The molecule has 8 heavy (non-hydrogen) atoms. The summed E-state index contributed by atoms with van der Waals surface area (Å²) < 4.78 is 0. The predicted octanol–water partition coefficient (Wildman–Crippen LogP) is -0.294. The van der Waals surface area contributed by atoms with Crippen molar-refractivity contribution >= 4 is 36.3 Å². The van der Waals surface area contributed by atoms with Crippen molar-refractivity contribution in [3.63, 3.8) is 0 Å². The van der Waals surface area contributed by atoms with Gasteiger partial charge in [0.2, 0.25) is 0 Å². The Morgan fingerprint density at radius 3 is 3.00 bits per heavy atom. The van der Waals surface area contributed by atoms with Gasteiger partial charge >= 0.3 is 0 Å². The van der Waals surface area contributed by atoms with Crippen LogP contribution in [0.1, 0.15) is 0 Å². The maximum absolute atomic E-state index is 4.72. The second-order valence-corrected chi connectivity index (χ2v) is 2.17. The van der Waals surface area contributed by atoms with Crippen molar-refractivity contribution in [2.75, 3.05) is 0 Å². The number of thiocarbonyl (C=S) groups is 1. The van der Waals surface area contributed by atoms with Crippen molar-refractivity contribution in [3.05, 3.63) is 0 Å². The number of aliphatic imine (C=N–C) groups is 1. The van der Waals surface area contributed by atoms with Crippen LogP contribution in [0.2, 0.25) is 0 Å². The van der Waals surface area contributed by atoms with Gasteiger partial charge in [-0.2, -0.15) is 0 Å². The van der Waals surface area contributed by atoms with Gasteiger partial charge in [-0.15, -0.1) is 12.6 Å². The summed E-state index contributed by atoms with van der Waals surface area (Å²) in [7, 11) is 0. The standard InChI is InChI=1S/C3H5N3S2/c7-2-4-1-5-3(8)6-2/h1-2,7H,(H2,4,5,6,8). The van der Waals surface area contributed by atoms with E-state index >= 15 is 0 Å². The predicted molar refractivity (Wildman–Crippen MR) is 40.1 cm³/mol. The van der Waals surface area contributed by atoms with Crippen molar-refractivity contribution in [2.24, 2.45) is 4.99 Å². The molecule has 1 atom stereocenters. The summed E-state index contributed by atoms with van der Waals surface area (Å²) in [6.07, 6.45) is 1.52. The molecule has 0 bridgehead atoms. The molecule has 2 N–H and O–H groups in total. The van der Waals surface area contributed by atoms with Crippen molar-refractivity contribution < 1.29 is 0 Å². The molecule has 0 amide bonds. The Morgan fingerprint density at radius 1 is 1.88 bits per heavy atom. The molecular formula is C3H5N3S2. The zero-order valence-electron chi connectivity index (χ0n) is 3.96. The summed E-state index contributed by atoms with van der Waals surface area (Å²) in [5.74, 6) is 0. The monoisotopic (exact) mass is 147 g/mol. The van der Waals surface area contributed by atoms with E-state index in [0.717, 1.165) is 0 Å². The van der Waals surface area contributed by atoms with E-state index in [1.807, 2.05) is 0 Å². The number of nitrogens with zero attached hydrogens (tertiary/aromatic N) is 1. The van der Waals surface area contributed by atoms with Crippen molar-refractivity contribution in [1.29, 1.82) is 0 Å². The molecule has 1 aliphatic rings. The molecule has 0 saturated carbocycles. The van der Waals surface area contributed by atoms with E-state index in [1.165, 1.54) is 6.34 Å². The first kappa shape index (κ1) is 5.84. The van der Waals surface area contributed by atoms with E-state index in [9.17, 15) is 0 Å². The molecule has 0 aromatic carbocycles. The number of hydrogen-bond acceptors (Lipinski definition) is 3. The molecule has 1 aliphatic heterocycles. The highest BCUT2D eigenvalue weighted by Crippen LogP contribution is 1.91. The van der Waals surface area contributed by atoms with Crippen LogP contribution in [0.15, 0.2) is 4.99 Å². The van der Waals surface area contributed by atoms with Crippen LogP contribution in [-0.4, -0.2) is 16.9 Å². The SMILES string of the molecule is S=C1NC=NC(S)N1. The van der Waals surface area contributed by atoms with E-state index in [0.29, 0.717) is 5.11 Å². The average Bonchev–Trinajstić information content (AvgIpc) is 1.64. The number of hydrogen-bond donors (Lipinski definition) is 3. The van der Waals surface area contributed by atoms with E-state index in [4.69, 9.17) is 12.2 Å². The third-order valence-corrected chi connectivity index (χ3v) is 1.17. The van der Waals surface area contributed by atoms with Crippen molar-refractivity contribution in [3.8, 4) is 0 Å². The second kappa shape index (κ2) is 2.32. The molecule has 1 unspecified atom stereocenters. The summed E-state index contributed by atoms with van der Waals surface area (Å²) in [4.78, 5) is 3.81. The van der Waals surface area contributed by atoms with Crippen LogP contribution in [0.25, 0.3) is 0 Å². The zero-order valence-corrected chi connectivity index (χ0v) is 5.67. The molecule has 1 heterocycles. The molecule has 0 aromatic rings. The molecule has 0 aromatic heterocycles. The van der Waals surface area contributed by atoms with Gasteiger partial charge < -0.3 is 10.6 Å². The molecule has 0 saturated heterocycles. The van der Waals surface area contributed by atoms with E-state index in [-0.39, 0.29) is 5.50 Å². The lowest BCUT2D eigenvalue weighted by molar-refractivity contribution is 0.839. The molecule has 0 spiro atoms. The largest absolute Gasteiger partial charge is 0.332 e. The Hall–Kier alpha value is -0.290. The molecule has 0 fully saturated rings. The van der Waals surface area contributed by atoms with Gasteiger partial charge in [-0.3, -0.25) is 0 Å². The number of thiol groups is 1. The first-order valence-electron chi connectivity index (χ1n) is 2.06. The lowest BCUT2D eigenvalue weighted by atomic mass is 10.8. The lowest BCUT2D eigenvalue weighted by Crippen LogP contribution is -2.42. The zero-order chi connectivity index (χ0) is 5.98. The molecule has 1 rings (SSSR count). The Balaban J connectivity index is 2.54. The van der Waals surface area contributed by atoms with E-state index in [1.54, 1.807) is 0 Å². The minimum absolute atomic E-state index is 0.177. The highest BCUT2D eigenvalue weighted by Gasteiger charge is 2.03. The molecule has 5 heteroatoms. The van der Waals surface area contributed by atoms with Gasteiger partial charge in [-0.1, -0.05) is 0 Å². The maximum Gasteiger partial charge on any atom is 0.173 e. The topological polar surface area (TPSA) is 36.4 Å². The molecule has 44 valence electrons. The van der Waals surface area contributed by atoms with Gasteiger partial charge in [0.05, 0.1) is 6.34 Å². The van der Waals surface area contributed by atoms with Crippen LogP contribution in [-0.2, 0) is 0 Å². The van der Waals surface area contributed by atoms with Gasteiger partial charge in [0.25, 0.3) is 0 Å². The van der Waals surface area contributed by atoms with E-state index < -0.39 is 0 Å². The van der Waals surface area contributed by atoms with E-state index in [2.05, 4.69) is 28.3 Å². The van der Waals surface area contributed by atoms with Gasteiger partial charge in [0.15, 0.2) is 10.6 Å². The molecule has 3 nitrogen and oxygen atoms in total. The summed E-state index contributed by atoms with van der Waals surface area (Å²) in [6, 6.07) is 0. The summed E-state index contributed by atoms with van der Waals surface area (Å²) in [6.45, 7) is 0. The smallest absolute Gasteiger partial charge is 0.173 e. The van der Waals surface area contributed by atoms with Gasteiger partial charge in [-0.05, 0) is 12.2 Å². The lowest BCUT2D eigenvalue weighted by Gasteiger charge is -2.14. The molecule has 0 radical (unpaired) electrons. The Morgan fingerprint density at radius 2 is 2.62 bits per heavy atom. The van der Waals surface area contributed by atoms with Crippen LogP contribution < -0.4 is 10.6 Å². The maximum atomic E-state index is 4.72. The minimum atomic E-state index is -0.177. The number of nitrogens with one attached hydrogen (secondary N) is 2. The van der Waals surface area contributed by atoms with Gasteiger partial charge in [-0.25, -0.2) is 4.99 Å². The summed E-state index contributed by atoms with van der Waals surface area (Å²) in [5, 5.41) is 6.03. The normalized spacial score (nSPS) is 26.6. The van der Waals surface area contributed by atoms with Crippen LogP contribution in [0.5, 0.6) is 0 Å². The highest BCUT2D eigenvalue weighted by molar-refractivity contribution is 7.81. The third-order valence-electron chi connectivity index (χ3n) is 0.672. The summed E-state index contributed by atoms with van der Waals surface area (Å²) >= 11 is 8.70. The highest BCUT2D eigenvalue weighted by atomic mass is 32.1. The van der Waals surface area contributed by atoms with Crippen LogP contribution >= 0.6 is 24.8 Å². The Labute approximate surface area is 58.0 Å².